The van der Waals surface area contributed by atoms with Crippen LogP contribution in [0, 0.1) is 24.0 Å². The number of nitro benzene ring substituents is 1. The van der Waals surface area contributed by atoms with Crippen LogP contribution < -0.4 is 4.90 Å². The Morgan fingerprint density at radius 2 is 1.67 bits per heavy atom. The maximum atomic E-state index is 11.6. The molecule has 1 aliphatic rings. The van der Waals surface area contributed by atoms with Crippen molar-refractivity contribution in [3.05, 3.63) is 45.5 Å². The van der Waals surface area contributed by atoms with Gasteiger partial charge in [0.05, 0.1) is 4.92 Å². The topological polar surface area (TPSA) is 80.5 Å². The van der Waals surface area contributed by atoms with E-state index in [0.717, 1.165) is 17.1 Å². The van der Waals surface area contributed by atoms with Crippen molar-refractivity contribution in [1.29, 1.82) is 0 Å². The van der Waals surface area contributed by atoms with Crippen LogP contribution in [0.3, 0.4) is 0 Å². The van der Waals surface area contributed by atoms with E-state index in [1.165, 1.54) is 6.07 Å². The molecule has 6 heteroatoms. The first-order chi connectivity index (χ1) is 8.41. The van der Waals surface area contributed by atoms with Crippen LogP contribution in [-0.4, -0.2) is 16.7 Å². The first kappa shape index (κ1) is 12.0. The third kappa shape index (κ3) is 1.77. The zero-order valence-corrected chi connectivity index (χ0v) is 9.84. The lowest BCUT2D eigenvalue weighted by Gasteiger charge is -2.16. The maximum Gasteiger partial charge on any atom is 0.293 e. The molecular weight excluding hydrogens is 236 g/mol. The summed E-state index contributed by atoms with van der Waals surface area (Å²) in [7, 11) is 0. The van der Waals surface area contributed by atoms with E-state index in [2.05, 4.69) is 0 Å². The minimum absolute atomic E-state index is 0.0469. The third-order valence-electron chi connectivity index (χ3n) is 2.65. The number of hydrogen-bond donors (Lipinski definition) is 0. The molecule has 0 aliphatic carbocycles. The van der Waals surface area contributed by atoms with Crippen molar-refractivity contribution < 1.29 is 14.5 Å². The summed E-state index contributed by atoms with van der Waals surface area (Å²) in [6, 6.07) is 3.04. The number of anilines is 1. The zero-order chi connectivity index (χ0) is 13.4. The quantitative estimate of drug-likeness (QED) is 0.451. The second-order valence-electron chi connectivity index (χ2n) is 4.05. The fraction of sp³-hybridized carbons (Fsp3) is 0.167. The van der Waals surface area contributed by atoms with Crippen LogP contribution in [0.4, 0.5) is 11.4 Å². The van der Waals surface area contributed by atoms with E-state index in [1.54, 1.807) is 19.9 Å². The average molecular weight is 246 g/mol. The fourth-order valence-electron chi connectivity index (χ4n) is 1.99. The lowest BCUT2D eigenvalue weighted by Crippen LogP contribution is -2.31. The molecule has 0 saturated heterocycles. The van der Waals surface area contributed by atoms with Crippen molar-refractivity contribution in [2.24, 2.45) is 0 Å². The largest absolute Gasteiger partial charge is 0.293 e. The molecule has 0 unspecified atom stereocenters. The Balaban J connectivity index is 2.67. The Hall–Kier alpha value is -2.50. The number of nitro groups is 1. The highest BCUT2D eigenvalue weighted by atomic mass is 16.6. The lowest BCUT2D eigenvalue weighted by molar-refractivity contribution is -0.384. The molecule has 0 spiro atoms. The molecule has 2 rings (SSSR count). The second kappa shape index (κ2) is 4.06. The van der Waals surface area contributed by atoms with Gasteiger partial charge in [0, 0.05) is 18.2 Å². The number of carbonyl (C=O) groups excluding carboxylic acids is 2. The predicted octanol–water partition coefficient (Wildman–Crippen LogP) is 1.64. The second-order valence-corrected chi connectivity index (χ2v) is 4.05. The third-order valence-corrected chi connectivity index (χ3v) is 2.65. The Kier molecular flexibility index (Phi) is 2.70. The SMILES string of the molecule is Cc1cc(C)c(N2C(=O)C=CC2=O)c([N+](=O)[O-])c1. The van der Waals surface area contributed by atoms with Crippen molar-refractivity contribution in [3.63, 3.8) is 0 Å². The van der Waals surface area contributed by atoms with Gasteiger partial charge in [-0.25, -0.2) is 4.90 Å². The smallest absolute Gasteiger partial charge is 0.269 e. The summed E-state index contributed by atoms with van der Waals surface area (Å²) in [4.78, 5) is 34.5. The van der Waals surface area contributed by atoms with Gasteiger partial charge in [-0.2, -0.15) is 0 Å². The summed E-state index contributed by atoms with van der Waals surface area (Å²) in [6.07, 6.45) is 2.21. The minimum Gasteiger partial charge on any atom is -0.269 e. The van der Waals surface area contributed by atoms with E-state index in [-0.39, 0.29) is 11.4 Å². The fourth-order valence-corrected chi connectivity index (χ4v) is 1.99. The van der Waals surface area contributed by atoms with Crippen LogP contribution >= 0.6 is 0 Å². The molecule has 0 N–H and O–H groups in total. The number of carbonyl (C=O) groups is 2. The first-order valence-corrected chi connectivity index (χ1v) is 5.23. The molecule has 0 atom stereocenters. The Bertz CT molecular complexity index is 586. The Labute approximate surface area is 103 Å². The molecule has 92 valence electrons. The van der Waals surface area contributed by atoms with Gasteiger partial charge in [-0.3, -0.25) is 19.7 Å². The van der Waals surface area contributed by atoms with E-state index in [1.807, 2.05) is 0 Å². The number of aryl methyl sites for hydroxylation is 2. The molecule has 2 amide bonds. The standard InChI is InChI=1S/C12H10N2O4/c1-7-5-8(2)12(9(6-7)14(17)18)13-10(15)3-4-11(13)16/h3-6H,1-2H3. The van der Waals surface area contributed by atoms with Gasteiger partial charge >= 0.3 is 0 Å². The van der Waals surface area contributed by atoms with Gasteiger partial charge in [-0.15, -0.1) is 0 Å². The highest BCUT2D eigenvalue weighted by Gasteiger charge is 2.32. The number of imide groups is 1. The van der Waals surface area contributed by atoms with Gasteiger partial charge in [0.15, 0.2) is 0 Å². The predicted molar refractivity (Wildman–Crippen MR) is 64.2 cm³/mol. The summed E-state index contributed by atoms with van der Waals surface area (Å²) in [5.41, 5.74) is 1.03. The van der Waals surface area contributed by atoms with E-state index in [4.69, 9.17) is 0 Å². The van der Waals surface area contributed by atoms with Gasteiger partial charge < -0.3 is 0 Å². The molecule has 1 aliphatic heterocycles. The summed E-state index contributed by atoms with van der Waals surface area (Å²) in [5.74, 6) is -1.12. The molecule has 1 aromatic rings. The maximum absolute atomic E-state index is 11.6. The van der Waals surface area contributed by atoms with Crippen LogP contribution in [0.5, 0.6) is 0 Å². The van der Waals surface area contributed by atoms with E-state index in [9.17, 15) is 19.7 Å². The molecule has 0 bridgehead atoms. The molecule has 6 nitrogen and oxygen atoms in total. The number of amides is 2. The van der Waals surface area contributed by atoms with Gasteiger partial charge in [-0.1, -0.05) is 6.07 Å². The molecule has 0 aromatic heterocycles. The van der Waals surface area contributed by atoms with Crippen LogP contribution in [0.2, 0.25) is 0 Å². The first-order valence-electron chi connectivity index (χ1n) is 5.23. The van der Waals surface area contributed by atoms with Crippen molar-refractivity contribution in [3.8, 4) is 0 Å². The number of benzene rings is 1. The molecule has 0 fully saturated rings. The molecule has 18 heavy (non-hydrogen) atoms. The molecule has 1 heterocycles. The highest BCUT2D eigenvalue weighted by Crippen LogP contribution is 2.34. The van der Waals surface area contributed by atoms with Crippen molar-refractivity contribution in [1.82, 2.24) is 0 Å². The van der Waals surface area contributed by atoms with Gasteiger partial charge in [0.1, 0.15) is 5.69 Å². The van der Waals surface area contributed by atoms with Crippen LogP contribution in [-0.2, 0) is 9.59 Å². The highest BCUT2D eigenvalue weighted by molar-refractivity contribution is 6.29. The summed E-state index contributed by atoms with van der Waals surface area (Å²) >= 11 is 0. The molecular formula is C12H10N2O4. The summed E-state index contributed by atoms with van der Waals surface area (Å²) < 4.78 is 0. The van der Waals surface area contributed by atoms with Crippen molar-refractivity contribution in [2.45, 2.75) is 13.8 Å². The molecule has 1 aromatic carbocycles. The van der Waals surface area contributed by atoms with Crippen molar-refractivity contribution in [2.75, 3.05) is 4.90 Å². The Morgan fingerprint density at radius 3 is 2.17 bits per heavy atom. The van der Waals surface area contributed by atoms with Gasteiger partial charge in [-0.05, 0) is 25.0 Å². The average Bonchev–Trinajstić information content (AvgIpc) is 2.58. The summed E-state index contributed by atoms with van der Waals surface area (Å²) in [5, 5.41) is 11.0. The van der Waals surface area contributed by atoms with Gasteiger partial charge in [0.25, 0.3) is 17.5 Å². The van der Waals surface area contributed by atoms with Crippen LogP contribution in [0.1, 0.15) is 11.1 Å². The van der Waals surface area contributed by atoms with E-state index in [0.29, 0.717) is 11.1 Å². The number of rotatable bonds is 2. The lowest BCUT2D eigenvalue weighted by atomic mass is 10.1. The number of nitrogens with zero attached hydrogens (tertiary/aromatic N) is 2. The molecule has 0 radical (unpaired) electrons. The normalized spacial score (nSPS) is 14.4. The van der Waals surface area contributed by atoms with Crippen LogP contribution in [0.15, 0.2) is 24.3 Å². The van der Waals surface area contributed by atoms with E-state index >= 15 is 0 Å². The van der Waals surface area contributed by atoms with E-state index < -0.39 is 16.7 Å². The monoisotopic (exact) mass is 246 g/mol. The Morgan fingerprint density at radius 1 is 1.11 bits per heavy atom. The molecule has 0 saturated carbocycles. The minimum atomic E-state index is -0.589. The van der Waals surface area contributed by atoms with Crippen LogP contribution in [0.25, 0.3) is 0 Å². The number of hydrogen-bond acceptors (Lipinski definition) is 4. The zero-order valence-electron chi connectivity index (χ0n) is 9.84. The van der Waals surface area contributed by atoms with Gasteiger partial charge in [0.2, 0.25) is 0 Å². The summed E-state index contributed by atoms with van der Waals surface area (Å²) in [6.45, 7) is 3.35. The van der Waals surface area contributed by atoms with Crippen molar-refractivity contribution >= 4 is 23.2 Å².